The number of hydrogen-bond donors (Lipinski definition) is 1. The molecule has 6 heteroatoms. The Morgan fingerprint density at radius 3 is 2.59 bits per heavy atom. The van der Waals surface area contributed by atoms with Gasteiger partial charge in [-0.25, -0.2) is 0 Å². The maximum atomic E-state index is 13.2. The van der Waals surface area contributed by atoms with Gasteiger partial charge in [-0.05, 0) is 47.0 Å². The second-order valence-corrected chi connectivity index (χ2v) is 7.74. The van der Waals surface area contributed by atoms with Crippen LogP contribution in [0.15, 0.2) is 54.6 Å². The molecule has 3 rings (SSSR count). The number of nitrogens with zero attached hydrogens (tertiary/aromatic N) is 2. The van der Waals surface area contributed by atoms with Crippen molar-refractivity contribution in [2.45, 2.75) is 12.3 Å². The third-order valence-electron chi connectivity index (χ3n) is 4.95. The van der Waals surface area contributed by atoms with Crippen LogP contribution in [0.3, 0.4) is 0 Å². The molecule has 1 unspecified atom stereocenters. The van der Waals surface area contributed by atoms with Crippen molar-refractivity contribution in [1.29, 1.82) is 5.26 Å². The van der Waals surface area contributed by atoms with E-state index in [-0.39, 0.29) is 18.4 Å². The Labute approximate surface area is 179 Å². The Kier molecular flexibility index (Phi) is 6.76. The van der Waals surface area contributed by atoms with Crippen LogP contribution in [0.2, 0.25) is 10.0 Å². The van der Waals surface area contributed by atoms with E-state index in [2.05, 4.69) is 6.07 Å². The lowest BCUT2D eigenvalue weighted by atomic mass is 9.94. The number of carbonyl (C=O) groups is 1. The minimum Gasteiger partial charge on any atom is -0.396 e. The summed E-state index contributed by atoms with van der Waals surface area (Å²) in [5.41, 5.74) is 1.83. The van der Waals surface area contributed by atoms with E-state index in [0.717, 1.165) is 16.3 Å². The van der Waals surface area contributed by atoms with Gasteiger partial charge < -0.3 is 10.0 Å². The number of benzene rings is 3. The summed E-state index contributed by atoms with van der Waals surface area (Å²) >= 11 is 12.2. The van der Waals surface area contributed by atoms with Gasteiger partial charge in [0.2, 0.25) is 0 Å². The van der Waals surface area contributed by atoms with Gasteiger partial charge in [-0.3, -0.25) is 4.79 Å². The van der Waals surface area contributed by atoms with Crippen LogP contribution in [0.1, 0.15) is 33.8 Å². The van der Waals surface area contributed by atoms with Crippen LogP contribution in [0, 0.1) is 11.3 Å². The fraction of sp³-hybridized carbons (Fsp3) is 0.217. The molecule has 0 aromatic heterocycles. The van der Waals surface area contributed by atoms with Crippen LogP contribution in [-0.2, 0) is 0 Å². The highest BCUT2D eigenvalue weighted by Gasteiger charge is 2.21. The Balaban J connectivity index is 1.92. The smallest absolute Gasteiger partial charge is 0.254 e. The molecule has 3 aromatic carbocycles. The minimum absolute atomic E-state index is 0.0141. The topological polar surface area (TPSA) is 64.3 Å². The molecule has 0 saturated heterocycles. The fourth-order valence-electron chi connectivity index (χ4n) is 3.46. The van der Waals surface area contributed by atoms with E-state index in [1.54, 1.807) is 36.2 Å². The number of likely N-dealkylation sites (N-methyl/N-ethyl adjacent to an activating group) is 1. The van der Waals surface area contributed by atoms with E-state index in [4.69, 9.17) is 23.2 Å². The highest BCUT2D eigenvalue weighted by atomic mass is 35.5. The monoisotopic (exact) mass is 426 g/mol. The maximum absolute atomic E-state index is 13.2. The van der Waals surface area contributed by atoms with Crippen LogP contribution in [-0.4, -0.2) is 36.1 Å². The van der Waals surface area contributed by atoms with Crippen molar-refractivity contribution in [1.82, 2.24) is 4.90 Å². The van der Waals surface area contributed by atoms with Crippen molar-refractivity contribution in [3.8, 4) is 6.07 Å². The molecule has 4 nitrogen and oxygen atoms in total. The third kappa shape index (κ3) is 4.71. The van der Waals surface area contributed by atoms with Crippen LogP contribution in [0.5, 0.6) is 0 Å². The maximum Gasteiger partial charge on any atom is 0.254 e. The largest absolute Gasteiger partial charge is 0.396 e. The average molecular weight is 427 g/mol. The summed E-state index contributed by atoms with van der Waals surface area (Å²) in [7, 11) is 1.72. The first kappa shape index (κ1) is 21.1. The van der Waals surface area contributed by atoms with Gasteiger partial charge in [-0.2, -0.15) is 5.26 Å². The molecule has 0 aliphatic rings. The number of carbonyl (C=O) groups excluding carboxylic acids is 1. The number of nitriles is 1. The molecule has 0 aliphatic heterocycles. The molecule has 3 aromatic rings. The SMILES string of the molecule is CN(CC(CCO)c1ccc(Cl)c(Cl)c1)C(=O)c1cc(C#N)cc2ccccc12. The molecule has 0 heterocycles. The molecule has 148 valence electrons. The molecule has 1 atom stereocenters. The zero-order valence-electron chi connectivity index (χ0n) is 15.9. The normalized spacial score (nSPS) is 11.8. The summed E-state index contributed by atoms with van der Waals surface area (Å²) in [6.07, 6.45) is 0.481. The highest BCUT2D eigenvalue weighted by molar-refractivity contribution is 6.42. The van der Waals surface area contributed by atoms with Crippen LogP contribution in [0.25, 0.3) is 10.8 Å². The summed E-state index contributed by atoms with van der Waals surface area (Å²) in [5.74, 6) is -0.282. The Morgan fingerprint density at radius 1 is 1.14 bits per heavy atom. The van der Waals surface area contributed by atoms with Gasteiger partial charge in [0.25, 0.3) is 5.91 Å². The molecule has 0 radical (unpaired) electrons. The number of aliphatic hydroxyl groups excluding tert-OH is 1. The van der Waals surface area contributed by atoms with Crippen LogP contribution < -0.4 is 0 Å². The highest BCUT2D eigenvalue weighted by Crippen LogP contribution is 2.29. The van der Waals surface area contributed by atoms with E-state index in [1.165, 1.54) is 0 Å². The summed E-state index contributed by atoms with van der Waals surface area (Å²) in [5, 5.41) is 21.4. The predicted octanol–water partition coefficient (Wildman–Crippen LogP) is 5.26. The molecule has 0 fully saturated rings. The van der Waals surface area contributed by atoms with E-state index in [9.17, 15) is 15.2 Å². The summed E-state index contributed by atoms with van der Waals surface area (Å²) in [6.45, 7) is 0.377. The molecule has 0 saturated carbocycles. The molecule has 0 bridgehead atoms. The van der Waals surface area contributed by atoms with Gasteiger partial charge in [0, 0.05) is 31.7 Å². The van der Waals surface area contributed by atoms with Crippen molar-refractivity contribution in [3.63, 3.8) is 0 Å². The number of fused-ring (bicyclic) bond motifs is 1. The van der Waals surface area contributed by atoms with Gasteiger partial charge in [0.15, 0.2) is 0 Å². The number of hydrogen-bond acceptors (Lipinski definition) is 3. The predicted molar refractivity (Wildman–Crippen MR) is 117 cm³/mol. The van der Waals surface area contributed by atoms with Crippen molar-refractivity contribution in [3.05, 3.63) is 81.3 Å². The van der Waals surface area contributed by atoms with Gasteiger partial charge in [0.1, 0.15) is 0 Å². The second-order valence-electron chi connectivity index (χ2n) is 6.93. The van der Waals surface area contributed by atoms with Crippen molar-refractivity contribution < 1.29 is 9.90 Å². The van der Waals surface area contributed by atoms with Gasteiger partial charge in [-0.1, -0.05) is 53.5 Å². The van der Waals surface area contributed by atoms with Gasteiger partial charge in [-0.15, -0.1) is 0 Å². The Morgan fingerprint density at radius 2 is 1.90 bits per heavy atom. The lowest BCUT2D eigenvalue weighted by molar-refractivity contribution is 0.0783. The van der Waals surface area contributed by atoms with E-state index < -0.39 is 0 Å². The van der Waals surface area contributed by atoms with Crippen molar-refractivity contribution in [2.75, 3.05) is 20.2 Å². The quantitative estimate of drug-likeness (QED) is 0.584. The first-order valence-electron chi connectivity index (χ1n) is 9.18. The van der Waals surface area contributed by atoms with Crippen molar-refractivity contribution in [2.24, 2.45) is 0 Å². The number of halogens is 2. The number of amides is 1. The second kappa shape index (κ2) is 9.28. The molecular formula is C23H20Cl2N2O2. The molecule has 29 heavy (non-hydrogen) atoms. The first-order chi connectivity index (χ1) is 13.9. The van der Waals surface area contributed by atoms with Crippen LogP contribution >= 0.6 is 23.2 Å². The number of rotatable bonds is 6. The molecule has 0 spiro atoms. The van der Waals surface area contributed by atoms with E-state index in [1.807, 2.05) is 30.3 Å². The fourth-order valence-corrected chi connectivity index (χ4v) is 3.76. The lowest BCUT2D eigenvalue weighted by Gasteiger charge is -2.25. The minimum atomic E-state index is -0.179. The lowest BCUT2D eigenvalue weighted by Crippen LogP contribution is -2.31. The Bertz CT molecular complexity index is 1090. The molecule has 1 N–H and O–H groups in total. The molecular weight excluding hydrogens is 407 g/mol. The van der Waals surface area contributed by atoms with E-state index in [0.29, 0.717) is 34.1 Å². The van der Waals surface area contributed by atoms with E-state index >= 15 is 0 Å². The van der Waals surface area contributed by atoms with Gasteiger partial charge >= 0.3 is 0 Å². The Hall–Kier alpha value is -2.58. The third-order valence-corrected chi connectivity index (χ3v) is 5.69. The summed E-state index contributed by atoms with van der Waals surface area (Å²) < 4.78 is 0. The van der Waals surface area contributed by atoms with Crippen LogP contribution in [0.4, 0.5) is 0 Å². The van der Waals surface area contributed by atoms with Gasteiger partial charge in [0.05, 0.1) is 21.7 Å². The zero-order chi connectivity index (χ0) is 21.0. The zero-order valence-corrected chi connectivity index (χ0v) is 17.4. The standard InChI is InChI=1S/C23H20Cl2N2O2/c1-27(14-18(8-9-28)16-6-7-21(24)22(25)12-16)23(29)20-11-15(13-26)10-17-4-2-3-5-19(17)20/h2-7,10-12,18,28H,8-9,14H2,1H3. The summed E-state index contributed by atoms with van der Waals surface area (Å²) in [6, 6.07) is 18.4. The molecule has 0 aliphatic carbocycles. The summed E-state index contributed by atoms with van der Waals surface area (Å²) in [4.78, 5) is 14.8. The average Bonchev–Trinajstić information content (AvgIpc) is 2.73. The first-order valence-corrected chi connectivity index (χ1v) is 9.94. The number of aliphatic hydroxyl groups is 1. The molecule has 1 amide bonds. The van der Waals surface area contributed by atoms with Crippen molar-refractivity contribution >= 4 is 39.9 Å².